The lowest BCUT2D eigenvalue weighted by atomic mass is 9.79. The minimum Gasteiger partial charge on any atom is -0.389 e. The molecule has 0 aromatic heterocycles. The van der Waals surface area contributed by atoms with Crippen molar-refractivity contribution in [3.63, 3.8) is 0 Å². The molecular formula is C14H30N2O. The maximum Gasteiger partial charge on any atom is 0.0718 e. The Morgan fingerprint density at radius 1 is 1.35 bits per heavy atom. The second-order valence-electron chi connectivity index (χ2n) is 6.48. The van der Waals surface area contributed by atoms with Gasteiger partial charge in [0, 0.05) is 19.1 Å². The Morgan fingerprint density at radius 2 is 2.00 bits per heavy atom. The number of nitrogens with two attached hydrogens (primary N) is 1. The molecule has 0 amide bonds. The summed E-state index contributed by atoms with van der Waals surface area (Å²) < 4.78 is 0. The zero-order valence-corrected chi connectivity index (χ0v) is 11.9. The molecule has 0 aromatic carbocycles. The molecule has 3 atom stereocenters. The molecule has 1 aliphatic rings. The van der Waals surface area contributed by atoms with Gasteiger partial charge < -0.3 is 15.7 Å². The lowest BCUT2D eigenvalue weighted by Crippen LogP contribution is -2.46. The minimum atomic E-state index is -0.611. The lowest BCUT2D eigenvalue weighted by Gasteiger charge is -2.37. The Labute approximate surface area is 106 Å². The molecule has 0 aliphatic heterocycles. The summed E-state index contributed by atoms with van der Waals surface area (Å²) in [4.78, 5) is 2.34. The largest absolute Gasteiger partial charge is 0.389 e. The van der Waals surface area contributed by atoms with Gasteiger partial charge in [-0.25, -0.2) is 0 Å². The average Bonchev–Trinajstić information content (AvgIpc) is 2.20. The molecule has 1 rings (SSSR count). The van der Waals surface area contributed by atoms with Gasteiger partial charge in [-0.15, -0.1) is 0 Å². The zero-order chi connectivity index (χ0) is 13.1. The SMILES string of the molecule is CCN(CC1CC(C)CCC1N)CC(C)(C)O. The van der Waals surface area contributed by atoms with E-state index in [9.17, 15) is 5.11 Å². The van der Waals surface area contributed by atoms with E-state index in [0.717, 1.165) is 32.0 Å². The third-order valence-electron chi connectivity index (χ3n) is 3.85. The highest BCUT2D eigenvalue weighted by molar-refractivity contribution is 4.84. The van der Waals surface area contributed by atoms with Gasteiger partial charge in [-0.05, 0) is 51.5 Å². The molecule has 102 valence electrons. The number of aliphatic hydroxyl groups is 1. The van der Waals surface area contributed by atoms with E-state index >= 15 is 0 Å². The number of nitrogens with zero attached hydrogens (tertiary/aromatic N) is 1. The first-order chi connectivity index (χ1) is 7.81. The second kappa shape index (κ2) is 6.17. The van der Waals surface area contributed by atoms with Crippen LogP contribution in [0.4, 0.5) is 0 Å². The summed E-state index contributed by atoms with van der Waals surface area (Å²) in [5.41, 5.74) is 5.61. The van der Waals surface area contributed by atoms with Gasteiger partial charge in [-0.1, -0.05) is 13.8 Å². The second-order valence-corrected chi connectivity index (χ2v) is 6.48. The highest BCUT2D eigenvalue weighted by Crippen LogP contribution is 2.28. The molecule has 3 N–H and O–H groups in total. The number of rotatable bonds is 5. The molecule has 1 aliphatic carbocycles. The van der Waals surface area contributed by atoms with Crippen LogP contribution >= 0.6 is 0 Å². The van der Waals surface area contributed by atoms with Gasteiger partial charge in [0.15, 0.2) is 0 Å². The van der Waals surface area contributed by atoms with Crippen LogP contribution in [-0.2, 0) is 0 Å². The molecule has 3 nitrogen and oxygen atoms in total. The summed E-state index contributed by atoms with van der Waals surface area (Å²) in [6, 6.07) is 0.349. The fraction of sp³-hybridized carbons (Fsp3) is 1.00. The van der Waals surface area contributed by atoms with Crippen molar-refractivity contribution in [2.24, 2.45) is 17.6 Å². The van der Waals surface area contributed by atoms with Crippen LogP contribution in [0.5, 0.6) is 0 Å². The minimum absolute atomic E-state index is 0.349. The molecule has 3 heteroatoms. The van der Waals surface area contributed by atoms with Gasteiger partial charge in [0.05, 0.1) is 5.60 Å². The van der Waals surface area contributed by atoms with Crippen LogP contribution in [0.2, 0.25) is 0 Å². The molecule has 3 unspecified atom stereocenters. The molecule has 0 spiro atoms. The smallest absolute Gasteiger partial charge is 0.0718 e. The summed E-state index contributed by atoms with van der Waals surface area (Å²) in [5, 5.41) is 9.89. The quantitative estimate of drug-likeness (QED) is 0.773. The van der Waals surface area contributed by atoms with E-state index in [2.05, 4.69) is 18.7 Å². The molecule has 0 aromatic rings. The molecule has 1 saturated carbocycles. The van der Waals surface area contributed by atoms with E-state index in [0.29, 0.717) is 12.0 Å². The van der Waals surface area contributed by atoms with Crippen molar-refractivity contribution < 1.29 is 5.11 Å². The summed E-state index contributed by atoms with van der Waals surface area (Å²) in [5.74, 6) is 1.40. The monoisotopic (exact) mass is 242 g/mol. The van der Waals surface area contributed by atoms with Crippen molar-refractivity contribution in [1.82, 2.24) is 4.90 Å². The molecule has 0 saturated heterocycles. The van der Waals surface area contributed by atoms with Gasteiger partial charge in [-0.2, -0.15) is 0 Å². The van der Waals surface area contributed by atoms with Crippen LogP contribution in [0.1, 0.15) is 47.0 Å². The molecule has 1 fully saturated rings. The Morgan fingerprint density at radius 3 is 2.53 bits per heavy atom. The number of likely N-dealkylation sites (N-methyl/N-ethyl adjacent to an activating group) is 1. The van der Waals surface area contributed by atoms with Crippen LogP contribution in [0.3, 0.4) is 0 Å². The number of hydrogen-bond donors (Lipinski definition) is 2. The Kier molecular flexibility index (Phi) is 5.42. The lowest BCUT2D eigenvalue weighted by molar-refractivity contribution is 0.0277. The van der Waals surface area contributed by atoms with Crippen LogP contribution in [-0.4, -0.2) is 41.3 Å². The highest BCUT2D eigenvalue weighted by Gasteiger charge is 2.28. The van der Waals surface area contributed by atoms with Gasteiger partial charge >= 0.3 is 0 Å². The van der Waals surface area contributed by atoms with E-state index in [1.807, 2.05) is 13.8 Å². The predicted molar refractivity (Wildman–Crippen MR) is 72.9 cm³/mol. The van der Waals surface area contributed by atoms with Crippen molar-refractivity contribution in [3.05, 3.63) is 0 Å². The van der Waals surface area contributed by atoms with Crippen LogP contribution in [0, 0.1) is 11.8 Å². The third-order valence-corrected chi connectivity index (χ3v) is 3.85. The Balaban J connectivity index is 2.48. The molecule has 17 heavy (non-hydrogen) atoms. The van der Waals surface area contributed by atoms with Gasteiger partial charge in [0.1, 0.15) is 0 Å². The van der Waals surface area contributed by atoms with E-state index < -0.39 is 5.60 Å². The topological polar surface area (TPSA) is 49.5 Å². The van der Waals surface area contributed by atoms with Crippen molar-refractivity contribution in [2.75, 3.05) is 19.6 Å². The first kappa shape index (κ1) is 14.9. The predicted octanol–water partition coefficient (Wildman–Crippen LogP) is 1.84. The van der Waals surface area contributed by atoms with Gasteiger partial charge in [-0.3, -0.25) is 0 Å². The summed E-state index contributed by atoms with van der Waals surface area (Å²) >= 11 is 0. The van der Waals surface area contributed by atoms with Crippen molar-refractivity contribution in [3.8, 4) is 0 Å². The fourth-order valence-corrected chi connectivity index (χ4v) is 2.92. The van der Waals surface area contributed by atoms with Crippen molar-refractivity contribution >= 4 is 0 Å². The summed E-state index contributed by atoms with van der Waals surface area (Å²) in [6.45, 7) is 11.0. The maximum absolute atomic E-state index is 9.89. The standard InChI is InChI=1S/C14H30N2O/c1-5-16(10-14(3,4)17)9-12-8-11(2)6-7-13(12)15/h11-13,17H,5-10,15H2,1-4H3. The first-order valence-corrected chi connectivity index (χ1v) is 7.02. The van der Waals surface area contributed by atoms with Crippen molar-refractivity contribution in [1.29, 1.82) is 0 Å². The van der Waals surface area contributed by atoms with E-state index in [4.69, 9.17) is 5.73 Å². The number of hydrogen-bond acceptors (Lipinski definition) is 3. The van der Waals surface area contributed by atoms with Crippen LogP contribution in [0.25, 0.3) is 0 Å². The Bertz CT molecular complexity index is 225. The molecule has 0 bridgehead atoms. The van der Waals surface area contributed by atoms with Gasteiger partial charge in [0.2, 0.25) is 0 Å². The third kappa shape index (κ3) is 5.36. The normalized spacial score (nSPS) is 30.9. The molecule has 0 heterocycles. The summed E-state index contributed by atoms with van der Waals surface area (Å²) in [6.07, 6.45) is 3.67. The maximum atomic E-state index is 9.89. The molecular weight excluding hydrogens is 212 g/mol. The van der Waals surface area contributed by atoms with Crippen LogP contribution in [0.15, 0.2) is 0 Å². The van der Waals surface area contributed by atoms with E-state index in [-0.39, 0.29) is 0 Å². The molecule has 0 radical (unpaired) electrons. The highest BCUT2D eigenvalue weighted by atomic mass is 16.3. The van der Waals surface area contributed by atoms with Crippen molar-refractivity contribution in [2.45, 2.75) is 58.6 Å². The summed E-state index contributed by atoms with van der Waals surface area (Å²) in [7, 11) is 0. The van der Waals surface area contributed by atoms with E-state index in [1.54, 1.807) is 0 Å². The van der Waals surface area contributed by atoms with Gasteiger partial charge in [0.25, 0.3) is 0 Å². The average molecular weight is 242 g/mol. The Hall–Kier alpha value is -0.120. The zero-order valence-electron chi connectivity index (χ0n) is 11.9. The fourth-order valence-electron chi connectivity index (χ4n) is 2.92. The first-order valence-electron chi connectivity index (χ1n) is 7.02. The van der Waals surface area contributed by atoms with E-state index in [1.165, 1.54) is 12.8 Å². The van der Waals surface area contributed by atoms with Crippen LogP contribution < -0.4 is 5.73 Å².